The number of rotatable bonds is 2. The van der Waals surface area contributed by atoms with Gasteiger partial charge in [-0.3, -0.25) is 0 Å². The number of ether oxygens (including phenoxy) is 1. The lowest BCUT2D eigenvalue weighted by molar-refractivity contribution is 0.00734. The Balaban J connectivity index is 2.18. The largest absolute Gasteiger partial charge is 0.388 e. The molecule has 0 bridgehead atoms. The van der Waals surface area contributed by atoms with Crippen LogP contribution in [0.5, 0.6) is 0 Å². The number of nitrogens with zero attached hydrogens (tertiary/aromatic N) is 1. The molecule has 0 aliphatic carbocycles. The van der Waals surface area contributed by atoms with E-state index in [9.17, 15) is 5.11 Å². The molecule has 1 fully saturated rings. The fourth-order valence-corrected chi connectivity index (χ4v) is 2.12. The van der Waals surface area contributed by atoms with E-state index < -0.39 is 6.10 Å². The molecule has 3 N–H and O–H groups in total. The van der Waals surface area contributed by atoms with Crippen molar-refractivity contribution in [1.29, 1.82) is 0 Å². The van der Waals surface area contributed by atoms with Crippen molar-refractivity contribution in [2.75, 3.05) is 18.9 Å². The average Bonchev–Trinajstić information content (AvgIpc) is 2.32. The van der Waals surface area contributed by atoms with Gasteiger partial charge in [-0.1, -0.05) is 0 Å². The van der Waals surface area contributed by atoms with Crippen molar-refractivity contribution in [2.24, 2.45) is 5.92 Å². The third kappa shape index (κ3) is 2.33. The molecule has 1 aromatic heterocycles. The van der Waals surface area contributed by atoms with E-state index in [1.54, 1.807) is 6.20 Å². The van der Waals surface area contributed by atoms with Gasteiger partial charge in [0.05, 0.1) is 6.10 Å². The number of nitrogens with two attached hydrogens (primary N) is 1. The maximum atomic E-state index is 10.3. The molecule has 88 valence electrons. The van der Waals surface area contributed by atoms with E-state index in [0.717, 1.165) is 37.2 Å². The first-order valence-electron chi connectivity index (χ1n) is 5.66. The summed E-state index contributed by atoms with van der Waals surface area (Å²) in [7, 11) is 0. The van der Waals surface area contributed by atoms with Gasteiger partial charge in [0.1, 0.15) is 5.82 Å². The zero-order valence-electron chi connectivity index (χ0n) is 9.52. The molecule has 1 aromatic rings. The van der Waals surface area contributed by atoms with Crippen LogP contribution in [0, 0.1) is 12.8 Å². The van der Waals surface area contributed by atoms with Crippen LogP contribution in [0.1, 0.15) is 30.1 Å². The number of nitrogen functional groups attached to an aromatic ring is 1. The molecular weight excluding hydrogens is 204 g/mol. The van der Waals surface area contributed by atoms with E-state index in [4.69, 9.17) is 10.5 Å². The van der Waals surface area contributed by atoms with E-state index in [1.165, 1.54) is 0 Å². The molecule has 0 spiro atoms. The van der Waals surface area contributed by atoms with Gasteiger partial charge in [-0.2, -0.15) is 0 Å². The van der Waals surface area contributed by atoms with Gasteiger partial charge < -0.3 is 15.6 Å². The lowest BCUT2D eigenvalue weighted by Gasteiger charge is -2.27. The fraction of sp³-hybridized carbons (Fsp3) is 0.583. The van der Waals surface area contributed by atoms with Gasteiger partial charge in [-0.15, -0.1) is 0 Å². The standard InChI is InChI=1S/C12H18N2O2/c1-8-6-10(12(13)14-7-8)11(15)9-2-4-16-5-3-9/h6-7,9,11,15H,2-5H2,1H3,(H2,13,14). The maximum Gasteiger partial charge on any atom is 0.129 e. The van der Waals surface area contributed by atoms with Gasteiger partial charge in [0, 0.05) is 25.0 Å². The molecule has 1 atom stereocenters. The molecule has 1 aliphatic heterocycles. The summed E-state index contributed by atoms with van der Waals surface area (Å²) in [6.45, 7) is 3.40. The lowest BCUT2D eigenvalue weighted by atomic mass is 9.89. The van der Waals surface area contributed by atoms with E-state index in [1.807, 2.05) is 13.0 Å². The number of aliphatic hydroxyl groups is 1. The van der Waals surface area contributed by atoms with Gasteiger partial charge in [-0.25, -0.2) is 4.98 Å². The molecule has 0 radical (unpaired) electrons. The molecule has 1 saturated heterocycles. The summed E-state index contributed by atoms with van der Waals surface area (Å²) in [4.78, 5) is 4.08. The molecular formula is C12H18N2O2. The van der Waals surface area contributed by atoms with Crippen LogP contribution < -0.4 is 5.73 Å². The van der Waals surface area contributed by atoms with Gasteiger partial charge in [-0.05, 0) is 37.3 Å². The zero-order chi connectivity index (χ0) is 11.5. The topological polar surface area (TPSA) is 68.4 Å². The Morgan fingerprint density at radius 2 is 2.19 bits per heavy atom. The van der Waals surface area contributed by atoms with Crippen LogP contribution in [0.15, 0.2) is 12.3 Å². The summed E-state index contributed by atoms with van der Waals surface area (Å²) in [5.41, 5.74) is 7.57. The summed E-state index contributed by atoms with van der Waals surface area (Å²) in [5, 5.41) is 10.3. The van der Waals surface area contributed by atoms with E-state index in [-0.39, 0.29) is 5.92 Å². The third-order valence-electron chi connectivity index (χ3n) is 3.12. The zero-order valence-corrected chi connectivity index (χ0v) is 9.52. The molecule has 0 amide bonds. The Kier molecular flexibility index (Phi) is 3.41. The Labute approximate surface area is 95.4 Å². The van der Waals surface area contributed by atoms with Crippen LogP contribution in [0.25, 0.3) is 0 Å². The summed E-state index contributed by atoms with van der Waals surface area (Å²) < 4.78 is 5.28. The minimum atomic E-state index is -0.517. The second kappa shape index (κ2) is 4.80. The summed E-state index contributed by atoms with van der Waals surface area (Å²) >= 11 is 0. The first-order chi connectivity index (χ1) is 7.68. The van der Waals surface area contributed by atoms with Crippen molar-refractivity contribution in [3.63, 3.8) is 0 Å². The van der Waals surface area contributed by atoms with Gasteiger partial charge in [0.15, 0.2) is 0 Å². The summed E-state index contributed by atoms with van der Waals surface area (Å²) in [6.07, 6.45) is 2.97. The van der Waals surface area contributed by atoms with Crippen LogP contribution in [0.4, 0.5) is 5.82 Å². The van der Waals surface area contributed by atoms with E-state index >= 15 is 0 Å². The molecule has 0 aromatic carbocycles. The van der Waals surface area contributed by atoms with Crippen molar-refractivity contribution < 1.29 is 9.84 Å². The smallest absolute Gasteiger partial charge is 0.129 e. The second-order valence-corrected chi connectivity index (χ2v) is 4.38. The first kappa shape index (κ1) is 11.4. The van der Waals surface area contributed by atoms with Crippen LogP contribution in [0.2, 0.25) is 0 Å². The Hall–Kier alpha value is -1.13. The van der Waals surface area contributed by atoms with Crippen LogP contribution in [-0.4, -0.2) is 23.3 Å². The SMILES string of the molecule is Cc1cnc(N)c(C(O)C2CCOCC2)c1. The summed E-state index contributed by atoms with van der Waals surface area (Å²) in [6, 6.07) is 1.92. The molecule has 4 nitrogen and oxygen atoms in total. The van der Waals surface area contributed by atoms with Gasteiger partial charge >= 0.3 is 0 Å². The van der Waals surface area contributed by atoms with Gasteiger partial charge in [0.25, 0.3) is 0 Å². The Morgan fingerprint density at radius 1 is 1.50 bits per heavy atom. The average molecular weight is 222 g/mol. The quantitative estimate of drug-likeness (QED) is 0.794. The predicted octanol–water partition coefficient (Wildman–Crippen LogP) is 1.43. The molecule has 4 heteroatoms. The molecule has 0 saturated carbocycles. The fourth-order valence-electron chi connectivity index (χ4n) is 2.12. The highest BCUT2D eigenvalue weighted by atomic mass is 16.5. The van der Waals surface area contributed by atoms with Crippen molar-refractivity contribution in [3.05, 3.63) is 23.4 Å². The number of aromatic nitrogens is 1. The molecule has 2 heterocycles. The predicted molar refractivity (Wildman–Crippen MR) is 61.9 cm³/mol. The minimum absolute atomic E-state index is 0.236. The number of aliphatic hydroxyl groups excluding tert-OH is 1. The normalized spacial score (nSPS) is 19.6. The summed E-state index contributed by atoms with van der Waals surface area (Å²) in [5.74, 6) is 0.671. The Morgan fingerprint density at radius 3 is 2.88 bits per heavy atom. The maximum absolute atomic E-state index is 10.3. The second-order valence-electron chi connectivity index (χ2n) is 4.38. The van der Waals surface area contributed by atoms with Gasteiger partial charge in [0.2, 0.25) is 0 Å². The third-order valence-corrected chi connectivity index (χ3v) is 3.12. The monoisotopic (exact) mass is 222 g/mol. The lowest BCUT2D eigenvalue weighted by Crippen LogP contribution is -2.22. The van der Waals surface area contributed by atoms with Crippen molar-refractivity contribution in [1.82, 2.24) is 4.98 Å². The van der Waals surface area contributed by atoms with Crippen LogP contribution >= 0.6 is 0 Å². The number of pyridine rings is 1. The number of hydrogen-bond acceptors (Lipinski definition) is 4. The van der Waals surface area contributed by atoms with E-state index in [0.29, 0.717) is 5.82 Å². The van der Waals surface area contributed by atoms with Crippen molar-refractivity contribution in [3.8, 4) is 0 Å². The molecule has 1 aliphatic rings. The van der Waals surface area contributed by atoms with Crippen molar-refractivity contribution in [2.45, 2.75) is 25.9 Å². The Bertz CT molecular complexity index is 362. The first-order valence-corrected chi connectivity index (χ1v) is 5.66. The molecule has 2 rings (SSSR count). The number of aryl methyl sites for hydroxylation is 1. The van der Waals surface area contributed by atoms with Crippen molar-refractivity contribution >= 4 is 5.82 Å². The highest BCUT2D eigenvalue weighted by Crippen LogP contribution is 2.32. The van der Waals surface area contributed by atoms with Crippen LogP contribution in [-0.2, 0) is 4.74 Å². The van der Waals surface area contributed by atoms with E-state index in [2.05, 4.69) is 4.98 Å². The molecule has 16 heavy (non-hydrogen) atoms. The number of anilines is 1. The minimum Gasteiger partial charge on any atom is -0.388 e. The molecule has 1 unspecified atom stereocenters. The number of hydrogen-bond donors (Lipinski definition) is 2. The highest BCUT2D eigenvalue weighted by molar-refractivity contribution is 5.42. The van der Waals surface area contributed by atoms with Crippen LogP contribution in [0.3, 0.4) is 0 Å². The highest BCUT2D eigenvalue weighted by Gasteiger charge is 2.25.